The molecule has 0 saturated heterocycles. The molecule has 3 heteroatoms. The largest absolute Gasteiger partial charge is 0.305 e. The van der Waals surface area contributed by atoms with Gasteiger partial charge >= 0.3 is 0 Å². The number of fused-ring (bicyclic) bond motifs is 1. The van der Waals surface area contributed by atoms with Crippen molar-refractivity contribution in [2.75, 3.05) is 6.54 Å². The Labute approximate surface area is 133 Å². The molecule has 0 radical (unpaired) electrons. The van der Waals surface area contributed by atoms with Gasteiger partial charge in [0.25, 0.3) is 0 Å². The molecule has 21 heavy (non-hydrogen) atoms. The normalized spacial score (nSPS) is 28.8. The number of aromatic nitrogens is 1. The second-order valence-electron chi connectivity index (χ2n) is 6.98. The predicted octanol–water partition coefficient (Wildman–Crippen LogP) is 4.82. The van der Waals surface area contributed by atoms with E-state index in [2.05, 4.69) is 19.2 Å². The topological polar surface area (TPSA) is 24.9 Å². The molecular formula is C18H30N2S. The van der Waals surface area contributed by atoms with E-state index in [9.17, 15) is 0 Å². The minimum Gasteiger partial charge on any atom is -0.305 e. The molecule has 1 N–H and O–H groups in total. The van der Waals surface area contributed by atoms with Crippen molar-refractivity contribution in [3.05, 3.63) is 15.6 Å². The van der Waals surface area contributed by atoms with Crippen LogP contribution in [0, 0.1) is 5.92 Å². The molecule has 1 fully saturated rings. The summed E-state index contributed by atoms with van der Waals surface area (Å²) in [4.78, 5) is 6.65. The zero-order valence-electron chi connectivity index (χ0n) is 13.7. The molecule has 1 aromatic heterocycles. The Morgan fingerprint density at radius 2 is 2.00 bits per heavy atom. The fraction of sp³-hybridized carbons (Fsp3) is 0.833. The monoisotopic (exact) mass is 306 g/mol. The standard InChI is InChI=1S/C18H30N2S/c1-3-6-14-9-11-18(12-10-14,19-13-4-2)17-20-15-7-5-8-16(15)21-17/h14,19H,3-13H2,1-2H3. The highest BCUT2D eigenvalue weighted by Crippen LogP contribution is 2.44. The zero-order valence-corrected chi connectivity index (χ0v) is 14.5. The fourth-order valence-electron chi connectivity index (χ4n) is 4.09. The molecule has 2 nitrogen and oxygen atoms in total. The lowest BCUT2D eigenvalue weighted by Crippen LogP contribution is -2.45. The van der Waals surface area contributed by atoms with Gasteiger partial charge in [-0.15, -0.1) is 11.3 Å². The molecule has 0 spiro atoms. The molecule has 0 bridgehead atoms. The Morgan fingerprint density at radius 3 is 2.67 bits per heavy atom. The molecule has 0 amide bonds. The lowest BCUT2D eigenvalue weighted by Gasteiger charge is -2.40. The Kier molecular flexibility index (Phi) is 5.00. The molecule has 0 atom stereocenters. The van der Waals surface area contributed by atoms with Crippen LogP contribution < -0.4 is 5.32 Å². The fourth-order valence-corrected chi connectivity index (χ4v) is 5.47. The second kappa shape index (κ2) is 6.78. The average Bonchev–Trinajstić information content (AvgIpc) is 3.09. The molecule has 2 aliphatic rings. The second-order valence-corrected chi connectivity index (χ2v) is 8.07. The first-order valence-corrected chi connectivity index (χ1v) is 9.83. The van der Waals surface area contributed by atoms with E-state index in [0.717, 1.165) is 12.5 Å². The summed E-state index contributed by atoms with van der Waals surface area (Å²) in [5.74, 6) is 0.957. The van der Waals surface area contributed by atoms with Crippen molar-refractivity contribution in [3.8, 4) is 0 Å². The summed E-state index contributed by atoms with van der Waals surface area (Å²) in [6.45, 7) is 5.72. The number of thiazole rings is 1. The zero-order chi connectivity index (χ0) is 14.7. The van der Waals surface area contributed by atoms with Gasteiger partial charge in [-0.1, -0.05) is 26.7 Å². The molecule has 1 saturated carbocycles. The molecule has 118 valence electrons. The van der Waals surface area contributed by atoms with E-state index in [1.807, 2.05) is 11.3 Å². The molecular weight excluding hydrogens is 276 g/mol. The first kappa shape index (κ1) is 15.5. The van der Waals surface area contributed by atoms with Gasteiger partial charge in [-0.05, 0) is 63.8 Å². The van der Waals surface area contributed by atoms with E-state index in [-0.39, 0.29) is 5.54 Å². The lowest BCUT2D eigenvalue weighted by atomic mass is 9.75. The summed E-state index contributed by atoms with van der Waals surface area (Å²) < 4.78 is 0. The maximum atomic E-state index is 5.07. The van der Waals surface area contributed by atoms with Crippen LogP contribution in [-0.4, -0.2) is 11.5 Å². The molecule has 3 rings (SSSR count). The Balaban J connectivity index is 1.77. The van der Waals surface area contributed by atoms with Gasteiger partial charge in [0, 0.05) is 4.88 Å². The molecule has 0 unspecified atom stereocenters. The van der Waals surface area contributed by atoms with Crippen LogP contribution in [-0.2, 0) is 18.4 Å². The highest BCUT2D eigenvalue weighted by molar-refractivity contribution is 7.12. The van der Waals surface area contributed by atoms with Crippen molar-refractivity contribution < 1.29 is 0 Å². The van der Waals surface area contributed by atoms with E-state index >= 15 is 0 Å². The minimum atomic E-state index is 0.204. The van der Waals surface area contributed by atoms with Crippen molar-refractivity contribution in [2.45, 2.75) is 83.6 Å². The van der Waals surface area contributed by atoms with Crippen molar-refractivity contribution in [2.24, 2.45) is 5.92 Å². The Bertz CT molecular complexity index is 436. The number of rotatable bonds is 6. The number of hydrogen-bond acceptors (Lipinski definition) is 3. The van der Waals surface area contributed by atoms with Crippen molar-refractivity contribution >= 4 is 11.3 Å². The highest BCUT2D eigenvalue weighted by atomic mass is 32.1. The first-order chi connectivity index (χ1) is 10.3. The third kappa shape index (κ3) is 3.19. The lowest BCUT2D eigenvalue weighted by molar-refractivity contribution is 0.181. The van der Waals surface area contributed by atoms with Crippen LogP contribution >= 0.6 is 11.3 Å². The van der Waals surface area contributed by atoms with Crippen LogP contribution in [0.15, 0.2) is 0 Å². The van der Waals surface area contributed by atoms with Gasteiger partial charge in [0.2, 0.25) is 0 Å². The summed E-state index contributed by atoms with van der Waals surface area (Å²) >= 11 is 2.02. The van der Waals surface area contributed by atoms with Crippen LogP contribution in [0.25, 0.3) is 0 Å². The van der Waals surface area contributed by atoms with Crippen LogP contribution in [0.3, 0.4) is 0 Å². The third-order valence-corrected chi connectivity index (χ3v) is 6.74. The van der Waals surface area contributed by atoms with Crippen molar-refractivity contribution in [1.29, 1.82) is 0 Å². The minimum absolute atomic E-state index is 0.204. The Hall–Kier alpha value is -0.410. The van der Waals surface area contributed by atoms with E-state index in [0.29, 0.717) is 0 Å². The average molecular weight is 307 g/mol. The number of hydrogen-bond donors (Lipinski definition) is 1. The summed E-state index contributed by atoms with van der Waals surface area (Å²) in [5.41, 5.74) is 1.62. The van der Waals surface area contributed by atoms with Crippen molar-refractivity contribution in [3.63, 3.8) is 0 Å². The number of nitrogens with zero attached hydrogens (tertiary/aromatic N) is 1. The van der Waals surface area contributed by atoms with E-state index in [1.165, 1.54) is 74.9 Å². The number of aryl methyl sites for hydroxylation is 2. The SMILES string of the molecule is CCCNC1(c2nc3c(s2)CCC3)CCC(CCC)CC1. The van der Waals surface area contributed by atoms with Gasteiger partial charge in [0.1, 0.15) is 5.01 Å². The van der Waals surface area contributed by atoms with E-state index < -0.39 is 0 Å². The molecule has 0 aliphatic heterocycles. The van der Waals surface area contributed by atoms with Gasteiger partial charge in [-0.2, -0.15) is 0 Å². The van der Waals surface area contributed by atoms with E-state index in [4.69, 9.17) is 4.98 Å². The van der Waals surface area contributed by atoms with Gasteiger partial charge in [0.05, 0.1) is 11.2 Å². The molecule has 1 aromatic rings. The maximum absolute atomic E-state index is 5.07. The van der Waals surface area contributed by atoms with Gasteiger partial charge in [0.15, 0.2) is 0 Å². The third-order valence-electron chi connectivity index (χ3n) is 5.37. The van der Waals surface area contributed by atoms with Crippen molar-refractivity contribution in [1.82, 2.24) is 10.3 Å². The Morgan fingerprint density at radius 1 is 1.19 bits per heavy atom. The van der Waals surface area contributed by atoms with Gasteiger partial charge in [-0.3, -0.25) is 0 Å². The smallest absolute Gasteiger partial charge is 0.113 e. The first-order valence-electron chi connectivity index (χ1n) is 9.01. The maximum Gasteiger partial charge on any atom is 0.113 e. The van der Waals surface area contributed by atoms with Crippen LogP contribution in [0.2, 0.25) is 0 Å². The molecule has 2 aliphatic carbocycles. The predicted molar refractivity (Wildman–Crippen MR) is 91.0 cm³/mol. The highest BCUT2D eigenvalue weighted by Gasteiger charge is 2.39. The number of nitrogens with one attached hydrogen (secondary N) is 1. The van der Waals surface area contributed by atoms with E-state index in [1.54, 1.807) is 4.88 Å². The van der Waals surface area contributed by atoms with Gasteiger partial charge in [-0.25, -0.2) is 4.98 Å². The summed E-state index contributed by atoms with van der Waals surface area (Å²) in [6, 6.07) is 0. The van der Waals surface area contributed by atoms with Gasteiger partial charge < -0.3 is 5.32 Å². The summed E-state index contributed by atoms with van der Waals surface area (Å²) in [5, 5.41) is 5.31. The molecule has 1 heterocycles. The molecule has 0 aromatic carbocycles. The quantitative estimate of drug-likeness (QED) is 0.815. The summed E-state index contributed by atoms with van der Waals surface area (Å²) in [6.07, 6.45) is 13.1. The summed E-state index contributed by atoms with van der Waals surface area (Å²) in [7, 11) is 0. The van der Waals surface area contributed by atoms with Crippen LogP contribution in [0.1, 0.15) is 80.8 Å². The van der Waals surface area contributed by atoms with Crippen LogP contribution in [0.4, 0.5) is 0 Å². The van der Waals surface area contributed by atoms with Crippen LogP contribution in [0.5, 0.6) is 0 Å².